The van der Waals surface area contributed by atoms with E-state index in [2.05, 4.69) is 11.9 Å². The van der Waals surface area contributed by atoms with Crippen molar-refractivity contribution in [2.75, 3.05) is 6.54 Å². The molecule has 0 saturated heterocycles. The van der Waals surface area contributed by atoms with Gasteiger partial charge < -0.3 is 15.1 Å². The number of hydrogen-bond donors (Lipinski definition) is 2. The van der Waals surface area contributed by atoms with Crippen molar-refractivity contribution in [1.82, 2.24) is 4.90 Å². The number of carboxylic acid groups (broad SMARTS) is 2. The number of hydrogen-bond acceptors (Lipinski definition) is 4. The molecule has 0 spiro atoms. The zero-order valence-electron chi connectivity index (χ0n) is 14.1. The van der Waals surface area contributed by atoms with Crippen molar-refractivity contribution in [3.05, 3.63) is 0 Å². The van der Waals surface area contributed by atoms with E-state index in [9.17, 15) is 14.7 Å². The third kappa shape index (κ3) is 8.49. The van der Waals surface area contributed by atoms with Crippen LogP contribution in [0.2, 0.25) is 0 Å². The van der Waals surface area contributed by atoms with Crippen molar-refractivity contribution in [1.29, 1.82) is 0 Å². The molecule has 1 aliphatic rings. The zero-order valence-corrected chi connectivity index (χ0v) is 14.1. The molecule has 0 fully saturated rings. The van der Waals surface area contributed by atoms with Gasteiger partial charge in [-0.15, -0.1) is 0 Å². The zero-order chi connectivity index (χ0) is 17.1. The van der Waals surface area contributed by atoms with Crippen molar-refractivity contribution in [2.24, 2.45) is 4.99 Å². The first-order valence-corrected chi connectivity index (χ1v) is 8.82. The van der Waals surface area contributed by atoms with Crippen molar-refractivity contribution in [2.45, 2.75) is 83.2 Å². The third-order valence-electron chi connectivity index (χ3n) is 4.31. The Morgan fingerprint density at radius 1 is 0.917 bits per heavy atom. The summed E-state index contributed by atoms with van der Waals surface area (Å²) < 4.78 is 0. The van der Waals surface area contributed by atoms with Crippen LogP contribution in [-0.2, 0) is 9.59 Å². The Morgan fingerprint density at radius 2 is 1.42 bits per heavy atom. The summed E-state index contributed by atoms with van der Waals surface area (Å²) in [5.41, 5.74) is 0. The molecule has 1 aliphatic heterocycles. The molecule has 0 aromatic rings. The van der Waals surface area contributed by atoms with Crippen molar-refractivity contribution in [3.8, 4) is 0 Å². The van der Waals surface area contributed by atoms with Gasteiger partial charge in [-0.1, -0.05) is 64.7 Å². The van der Waals surface area contributed by atoms with Gasteiger partial charge in [0.25, 0.3) is 0 Å². The number of unbranched alkanes of at least 4 members (excludes halogenated alkanes) is 9. The van der Waals surface area contributed by atoms with E-state index in [1.807, 2.05) is 0 Å². The number of carboxylic acids is 2. The summed E-state index contributed by atoms with van der Waals surface area (Å²) in [6.07, 6.45) is 13.5. The van der Waals surface area contributed by atoms with Crippen LogP contribution >= 0.6 is 0 Å². The summed E-state index contributed by atoms with van der Waals surface area (Å²) in [6.45, 7) is 2.78. The minimum absolute atomic E-state index is 0. The number of aliphatic imine (C=N–C) groups is 1. The van der Waals surface area contributed by atoms with Crippen LogP contribution in [0.3, 0.4) is 0 Å². The molecule has 6 nitrogen and oxygen atoms in total. The molecule has 2 unspecified atom stereocenters. The van der Waals surface area contributed by atoms with Crippen LogP contribution in [0, 0.1) is 0 Å². The van der Waals surface area contributed by atoms with Gasteiger partial charge in [-0.2, -0.15) is 0 Å². The normalized spacial score (nSPS) is 19.3. The number of rotatable bonds is 13. The fraction of sp³-hybridized carbons (Fsp3) is 0.824. The van der Waals surface area contributed by atoms with E-state index < -0.39 is 24.0 Å². The second-order valence-electron chi connectivity index (χ2n) is 6.25. The van der Waals surface area contributed by atoms with Crippen LogP contribution in [-0.4, -0.2) is 81.6 Å². The Kier molecular flexibility index (Phi) is 13.3. The number of nitrogens with zero attached hydrogens (tertiary/aromatic N) is 2. The molecule has 0 aromatic heterocycles. The fourth-order valence-electron chi connectivity index (χ4n) is 2.95. The Morgan fingerprint density at radius 3 is 1.88 bits per heavy atom. The van der Waals surface area contributed by atoms with Gasteiger partial charge in [0.2, 0.25) is 0 Å². The van der Waals surface area contributed by atoms with E-state index in [4.69, 9.17) is 5.11 Å². The predicted octanol–water partition coefficient (Wildman–Crippen LogP) is 2.51. The van der Waals surface area contributed by atoms with Gasteiger partial charge in [0, 0.05) is 6.54 Å². The molecule has 24 heavy (non-hydrogen) atoms. The summed E-state index contributed by atoms with van der Waals surface area (Å²) >= 11 is 0. The molecule has 7 heteroatoms. The van der Waals surface area contributed by atoms with Gasteiger partial charge >= 0.3 is 41.5 Å². The number of carbonyl (C=O) groups is 2. The van der Waals surface area contributed by atoms with Gasteiger partial charge in [0.15, 0.2) is 12.1 Å². The summed E-state index contributed by atoms with van der Waals surface area (Å²) in [5, 5.41) is 18.2. The molecule has 1 rings (SSSR count). The second kappa shape index (κ2) is 13.7. The van der Waals surface area contributed by atoms with Crippen LogP contribution < -0.4 is 0 Å². The molecular weight excluding hydrogens is 319 g/mol. The summed E-state index contributed by atoms with van der Waals surface area (Å²) in [5.74, 6) is -2.30. The number of aliphatic carboxylic acids is 2. The first kappa shape index (κ1) is 23.4. The summed E-state index contributed by atoms with van der Waals surface area (Å²) in [4.78, 5) is 27.6. The van der Waals surface area contributed by atoms with E-state index in [1.54, 1.807) is 4.90 Å². The Bertz CT molecular complexity index is 404. The molecule has 0 aromatic carbocycles. The van der Waals surface area contributed by atoms with Crippen LogP contribution in [0.25, 0.3) is 0 Å². The van der Waals surface area contributed by atoms with Gasteiger partial charge in [-0.05, 0) is 6.42 Å². The van der Waals surface area contributed by atoms with Gasteiger partial charge in [0.05, 0.1) is 6.34 Å². The quantitative estimate of drug-likeness (QED) is 0.393. The molecule has 0 amide bonds. The maximum atomic E-state index is 11.2. The molecule has 0 bridgehead atoms. The monoisotopic (exact) mass is 350 g/mol. The average molecular weight is 350 g/mol. The minimum atomic E-state index is -1.18. The maximum absolute atomic E-state index is 11.2. The van der Waals surface area contributed by atoms with Crippen molar-refractivity contribution in [3.63, 3.8) is 0 Å². The SMILES string of the molecule is CCCCCCCCCCCCN1C=NC(C(=O)O)C1C(=O)O.[NaH]. The molecule has 2 atom stereocenters. The van der Waals surface area contributed by atoms with Gasteiger partial charge in [-0.3, -0.25) is 4.99 Å². The Labute approximate surface area is 167 Å². The summed E-state index contributed by atoms with van der Waals surface area (Å²) in [6, 6.07) is -2.25. The van der Waals surface area contributed by atoms with E-state index in [-0.39, 0.29) is 29.6 Å². The predicted molar refractivity (Wildman–Crippen MR) is 97.0 cm³/mol. The average Bonchev–Trinajstić information content (AvgIpc) is 2.93. The standard InChI is InChI=1S/C17H30N2O4.Na.H/c1-2-3-4-5-6-7-8-9-10-11-12-19-13-18-14(16(20)21)15(19)17(22)23;;/h13-15H,2-12H2,1H3,(H,20,21)(H,22,23);;. The molecule has 134 valence electrons. The Hall–Kier alpha value is -0.590. The molecule has 0 radical (unpaired) electrons. The molecule has 1 heterocycles. The van der Waals surface area contributed by atoms with Crippen LogP contribution in [0.1, 0.15) is 71.1 Å². The van der Waals surface area contributed by atoms with Crippen LogP contribution in [0.15, 0.2) is 4.99 Å². The van der Waals surface area contributed by atoms with Crippen LogP contribution in [0.5, 0.6) is 0 Å². The van der Waals surface area contributed by atoms with E-state index in [0.29, 0.717) is 6.54 Å². The summed E-state index contributed by atoms with van der Waals surface area (Å²) in [7, 11) is 0. The first-order valence-electron chi connectivity index (χ1n) is 8.82. The van der Waals surface area contributed by atoms with Gasteiger partial charge in [-0.25, -0.2) is 9.59 Å². The van der Waals surface area contributed by atoms with E-state index >= 15 is 0 Å². The first-order chi connectivity index (χ1) is 11.1. The van der Waals surface area contributed by atoms with Crippen molar-refractivity contribution < 1.29 is 19.8 Å². The third-order valence-corrected chi connectivity index (χ3v) is 4.31. The van der Waals surface area contributed by atoms with Crippen LogP contribution in [0.4, 0.5) is 0 Å². The second-order valence-corrected chi connectivity index (χ2v) is 6.25. The molecule has 0 aliphatic carbocycles. The molecular formula is C17H31N2NaO4. The topological polar surface area (TPSA) is 90.2 Å². The fourth-order valence-corrected chi connectivity index (χ4v) is 2.95. The van der Waals surface area contributed by atoms with Gasteiger partial charge in [0.1, 0.15) is 0 Å². The van der Waals surface area contributed by atoms with E-state index in [0.717, 1.165) is 19.3 Å². The van der Waals surface area contributed by atoms with Crippen molar-refractivity contribution >= 4 is 47.8 Å². The van der Waals surface area contributed by atoms with E-state index in [1.165, 1.54) is 51.3 Å². The molecule has 2 N–H and O–H groups in total. The molecule has 0 saturated carbocycles. The Balaban J connectivity index is 0.00000529.